The molecular weight excluding hydrogens is 436 g/mol. The van der Waals surface area contributed by atoms with Crippen molar-refractivity contribution in [1.82, 2.24) is 9.78 Å². The SMILES string of the molecule is CCCCOC(=O)c1ccc(NC(=O)CC2C(=O)Nc3c(-c4cccc(OC)c4)cnn32)cc1. The number of esters is 1. The minimum atomic E-state index is -0.762. The summed E-state index contributed by atoms with van der Waals surface area (Å²) in [6, 6.07) is 13.1. The molecule has 0 saturated heterocycles. The van der Waals surface area contributed by atoms with Crippen LogP contribution in [0.5, 0.6) is 5.75 Å². The third-order valence-electron chi connectivity index (χ3n) is 5.53. The molecule has 0 radical (unpaired) electrons. The number of carbonyl (C=O) groups excluding carboxylic acids is 3. The number of anilines is 2. The lowest BCUT2D eigenvalue weighted by Gasteiger charge is -2.10. The second kappa shape index (κ2) is 10.2. The number of nitrogens with one attached hydrogen (secondary N) is 2. The average molecular weight is 463 g/mol. The Morgan fingerprint density at radius 3 is 2.71 bits per heavy atom. The van der Waals surface area contributed by atoms with E-state index in [1.165, 1.54) is 4.68 Å². The molecule has 1 aliphatic heterocycles. The first-order valence-electron chi connectivity index (χ1n) is 11.1. The standard InChI is InChI=1S/C25H26N4O5/c1-3-4-12-34-25(32)16-8-10-18(11-9-16)27-22(30)14-21-24(31)28-23-20(15-26-29(21)23)17-6-5-7-19(13-17)33-2/h5-11,13,15,21H,3-4,12,14H2,1-2H3,(H,27,30)(H,28,31). The van der Waals surface area contributed by atoms with Gasteiger partial charge in [-0.2, -0.15) is 5.10 Å². The number of ether oxygens (including phenoxy) is 2. The smallest absolute Gasteiger partial charge is 0.338 e. The third kappa shape index (κ3) is 4.93. The first kappa shape index (κ1) is 23.0. The first-order chi connectivity index (χ1) is 16.5. The topological polar surface area (TPSA) is 112 Å². The van der Waals surface area contributed by atoms with Crippen molar-refractivity contribution in [2.75, 3.05) is 24.4 Å². The Labute approximate surface area is 197 Å². The molecule has 1 atom stereocenters. The van der Waals surface area contributed by atoms with E-state index in [-0.39, 0.29) is 18.2 Å². The lowest BCUT2D eigenvalue weighted by Crippen LogP contribution is -2.23. The normalized spacial score (nSPS) is 14.3. The number of nitrogens with zero attached hydrogens (tertiary/aromatic N) is 2. The average Bonchev–Trinajstić information content (AvgIpc) is 3.38. The highest BCUT2D eigenvalue weighted by molar-refractivity contribution is 6.04. The number of hydrogen-bond acceptors (Lipinski definition) is 6. The van der Waals surface area contributed by atoms with Gasteiger partial charge in [-0.3, -0.25) is 9.59 Å². The molecule has 0 bridgehead atoms. The molecule has 1 aromatic heterocycles. The molecule has 0 aliphatic carbocycles. The highest BCUT2D eigenvalue weighted by atomic mass is 16.5. The molecule has 3 aromatic rings. The van der Waals surface area contributed by atoms with Crippen molar-refractivity contribution in [1.29, 1.82) is 0 Å². The Kier molecular flexibility index (Phi) is 6.91. The minimum Gasteiger partial charge on any atom is -0.497 e. The van der Waals surface area contributed by atoms with Gasteiger partial charge in [0.2, 0.25) is 5.91 Å². The van der Waals surface area contributed by atoms with Crippen LogP contribution >= 0.6 is 0 Å². The van der Waals surface area contributed by atoms with Crippen LogP contribution in [0.15, 0.2) is 54.7 Å². The predicted molar refractivity (Wildman–Crippen MR) is 127 cm³/mol. The second-order valence-corrected chi connectivity index (χ2v) is 7.91. The zero-order valence-corrected chi connectivity index (χ0v) is 19.0. The Bertz CT molecular complexity index is 1200. The molecule has 9 heteroatoms. The quantitative estimate of drug-likeness (QED) is 0.367. The largest absolute Gasteiger partial charge is 0.497 e. The molecule has 0 spiro atoms. The van der Waals surface area contributed by atoms with Crippen LogP contribution in [0.4, 0.5) is 11.5 Å². The number of aromatic nitrogens is 2. The number of amides is 2. The molecule has 2 amide bonds. The van der Waals surface area contributed by atoms with Gasteiger partial charge in [-0.05, 0) is 48.4 Å². The molecule has 176 valence electrons. The molecule has 2 aromatic carbocycles. The summed E-state index contributed by atoms with van der Waals surface area (Å²) < 4.78 is 12.0. The Balaban J connectivity index is 1.40. The number of hydrogen-bond donors (Lipinski definition) is 2. The van der Waals surface area contributed by atoms with Crippen LogP contribution < -0.4 is 15.4 Å². The zero-order valence-electron chi connectivity index (χ0n) is 19.0. The van der Waals surface area contributed by atoms with Crippen LogP contribution in [0.2, 0.25) is 0 Å². The van der Waals surface area contributed by atoms with Crippen molar-refractivity contribution in [2.24, 2.45) is 0 Å². The van der Waals surface area contributed by atoms with Crippen molar-refractivity contribution in [2.45, 2.75) is 32.2 Å². The van der Waals surface area contributed by atoms with Gasteiger partial charge >= 0.3 is 5.97 Å². The summed E-state index contributed by atoms with van der Waals surface area (Å²) in [6.45, 7) is 2.40. The fraction of sp³-hybridized carbons (Fsp3) is 0.280. The van der Waals surface area contributed by atoms with Gasteiger partial charge in [0.25, 0.3) is 5.91 Å². The Morgan fingerprint density at radius 1 is 1.18 bits per heavy atom. The molecule has 0 fully saturated rings. The van der Waals surface area contributed by atoms with Gasteiger partial charge in [-0.25, -0.2) is 9.48 Å². The number of methoxy groups -OCH3 is 1. The highest BCUT2D eigenvalue weighted by Crippen LogP contribution is 2.36. The summed E-state index contributed by atoms with van der Waals surface area (Å²) in [6.07, 6.45) is 3.33. The predicted octanol–water partition coefficient (Wildman–Crippen LogP) is 4.04. The van der Waals surface area contributed by atoms with Crippen molar-refractivity contribution in [3.05, 3.63) is 60.3 Å². The van der Waals surface area contributed by atoms with Crippen molar-refractivity contribution >= 4 is 29.3 Å². The number of unbranched alkanes of at least 4 members (excludes halogenated alkanes) is 1. The van der Waals surface area contributed by atoms with Crippen LogP contribution in [0.25, 0.3) is 11.1 Å². The van der Waals surface area contributed by atoms with Gasteiger partial charge < -0.3 is 20.1 Å². The fourth-order valence-corrected chi connectivity index (χ4v) is 3.69. The van der Waals surface area contributed by atoms with Crippen LogP contribution in [-0.2, 0) is 14.3 Å². The van der Waals surface area contributed by atoms with Gasteiger partial charge in [-0.1, -0.05) is 25.5 Å². The van der Waals surface area contributed by atoms with E-state index in [9.17, 15) is 14.4 Å². The van der Waals surface area contributed by atoms with E-state index in [2.05, 4.69) is 15.7 Å². The Morgan fingerprint density at radius 2 is 1.97 bits per heavy atom. The van der Waals surface area contributed by atoms with E-state index < -0.39 is 12.0 Å². The van der Waals surface area contributed by atoms with Gasteiger partial charge in [0, 0.05) is 11.3 Å². The molecule has 1 unspecified atom stereocenters. The summed E-state index contributed by atoms with van der Waals surface area (Å²) in [5.41, 5.74) is 2.53. The maximum absolute atomic E-state index is 12.6. The highest BCUT2D eigenvalue weighted by Gasteiger charge is 2.35. The van der Waals surface area contributed by atoms with E-state index in [1.54, 1.807) is 37.6 Å². The van der Waals surface area contributed by atoms with Gasteiger partial charge in [0.05, 0.1) is 31.9 Å². The Hall–Kier alpha value is -4.14. The van der Waals surface area contributed by atoms with Crippen LogP contribution in [-0.4, -0.2) is 41.3 Å². The van der Waals surface area contributed by atoms with E-state index in [0.717, 1.165) is 24.0 Å². The lowest BCUT2D eigenvalue weighted by molar-refractivity contribution is -0.123. The molecule has 1 aliphatic rings. The number of carbonyl (C=O) groups is 3. The van der Waals surface area contributed by atoms with Crippen LogP contribution in [0.3, 0.4) is 0 Å². The third-order valence-corrected chi connectivity index (χ3v) is 5.53. The summed E-state index contributed by atoms with van der Waals surface area (Å²) >= 11 is 0. The van der Waals surface area contributed by atoms with Crippen molar-refractivity contribution in [3.63, 3.8) is 0 Å². The monoisotopic (exact) mass is 462 g/mol. The number of fused-ring (bicyclic) bond motifs is 1. The summed E-state index contributed by atoms with van der Waals surface area (Å²) in [4.78, 5) is 37.2. The first-order valence-corrected chi connectivity index (χ1v) is 11.1. The molecule has 2 heterocycles. The maximum Gasteiger partial charge on any atom is 0.338 e. The maximum atomic E-state index is 12.6. The minimum absolute atomic E-state index is 0.0844. The molecular formula is C25H26N4O5. The van der Waals surface area contributed by atoms with Crippen LogP contribution in [0, 0.1) is 0 Å². The lowest BCUT2D eigenvalue weighted by atomic mass is 10.1. The summed E-state index contributed by atoms with van der Waals surface area (Å²) in [5, 5.41) is 9.94. The van der Waals surface area contributed by atoms with Gasteiger partial charge in [-0.15, -0.1) is 0 Å². The fourth-order valence-electron chi connectivity index (χ4n) is 3.69. The zero-order chi connectivity index (χ0) is 24.1. The van der Waals surface area contributed by atoms with Gasteiger partial charge in [0.15, 0.2) is 0 Å². The van der Waals surface area contributed by atoms with Crippen LogP contribution in [0.1, 0.15) is 42.6 Å². The second-order valence-electron chi connectivity index (χ2n) is 7.91. The van der Waals surface area contributed by atoms with E-state index in [0.29, 0.717) is 29.4 Å². The molecule has 34 heavy (non-hydrogen) atoms. The van der Waals surface area contributed by atoms with Crippen molar-refractivity contribution in [3.8, 4) is 16.9 Å². The number of rotatable bonds is 9. The molecule has 0 saturated carbocycles. The molecule has 9 nitrogen and oxygen atoms in total. The van der Waals surface area contributed by atoms with E-state index in [1.807, 2.05) is 31.2 Å². The summed E-state index contributed by atoms with van der Waals surface area (Å²) in [7, 11) is 1.59. The molecule has 2 N–H and O–H groups in total. The summed E-state index contributed by atoms with van der Waals surface area (Å²) in [5.74, 6) is 0.198. The van der Waals surface area contributed by atoms with E-state index in [4.69, 9.17) is 9.47 Å². The molecule has 4 rings (SSSR count). The van der Waals surface area contributed by atoms with E-state index >= 15 is 0 Å². The van der Waals surface area contributed by atoms with Gasteiger partial charge in [0.1, 0.15) is 17.6 Å². The number of benzene rings is 2. The van der Waals surface area contributed by atoms with Crippen molar-refractivity contribution < 1.29 is 23.9 Å².